The molecule has 4 rings (SSSR count). The van der Waals surface area contributed by atoms with E-state index in [1.165, 1.54) is 5.56 Å². The van der Waals surface area contributed by atoms with Gasteiger partial charge in [0.1, 0.15) is 5.75 Å². The summed E-state index contributed by atoms with van der Waals surface area (Å²) in [6, 6.07) is 8.20. The third-order valence-electron chi connectivity index (χ3n) is 4.86. The van der Waals surface area contributed by atoms with Gasteiger partial charge in [0.25, 0.3) is 0 Å². The minimum Gasteiger partial charge on any atom is -0.493 e. The van der Waals surface area contributed by atoms with Gasteiger partial charge in [-0.25, -0.2) is 0 Å². The maximum Gasteiger partial charge on any atom is 0.225 e. The Kier molecular flexibility index (Phi) is 4.97. The first-order valence-electron chi connectivity index (χ1n) is 8.95. The summed E-state index contributed by atoms with van der Waals surface area (Å²) in [7, 11) is 0. The van der Waals surface area contributed by atoms with Crippen LogP contribution >= 0.6 is 11.8 Å². The third-order valence-corrected chi connectivity index (χ3v) is 5.81. The van der Waals surface area contributed by atoms with Crippen molar-refractivity contribution in [2.24, 2.45) is 10.9 Å². The minimum absolute atomic E-state index is 0.0946. The number of para-hydroxylation sites is 1. The largest absolute Gasteiger partial charge is 0.493 e. The summed E-state index contributed by atoms with van der Waals surface area (Å²) in [5, 5.41) is 6.24. The zero-order chi connectivity index (χ0) is 17.1. The first kappa shape index (κ1) is 16.5. The highest BCUT2D eigenvalue weighted by molar-refractivity contribution is 8.16. The van der Waals surface area contributed by atoms with Crippen LogP contribution in [-0.2, 0) is 11.2 Å². The summed E-state index contributed by atoms with van der Waals surface area (Å²) in [5.41, 5.74) is 2.32. The summed E-state index contributed by atoms with van der Waals surface area (Å²) in [6.45, 7) is 3.30. The molecule has 1 atom stereocenters. The Morgan fingerprint density at radius 1 is 1.40 bits per heavy atom. The second-order valence-corrected chi connectivity index (χ2v) is 7.53. The van der Waals surface area contributed by atoms with E-state index in [0.717, 1.165) is 49.0 Å². The lowest BCUT2D eigenvalue weighted by Gasteiger charge is -2.25. The fourth-order valence-electron chi connectivity index (χ4n) is 3.49. The van der Waals surface area contributed by atoms with Crippen LogP contribution in [0.1, 0.15) is 24.8 Å². The predicted molar refractivity (Wildman–Crippen MR) is 101 cm³/mol. The van der Waals surface area contributed by atoms with Crippen molar-refractivity contribution >= 4 is 22.8 Å². The number of nitrogens with one attached hydrogen (secondary N) is 1. The third kappa shape index (κ3) is 3.84. The van der Waals surface area contributed by atoms with E-state index in [-0.39, 0.29) is 5.91 Å². The number of aliphatic imine (C=N–C) groups is 1. The first-order chi connectivity index (χ1) is 12.3. The zero-order valence-electron chi connectivity index (χ0n) is 14.2. The van der Waals surface area contributed by atoms with Gasteiger partial charge in [0.05, 0.1) is 13.0 Å². The van der Waals surface area contributed by atoms with Crippen molar-refractivity contribution in [2.45, 2.75) is 25.7 Å². The van der Waals surface area contributed by atoms with Gasteiger partial charge in [0, 0.05) is 25.3 Å². The molecule has 3 aliphatic heterocycles. The number of hydrogen-bond acceptors (Lipinski definition) is 5. The van der Waals surface area contributed by atoms with Crippen LogP contribution < -0.4 is 10.1 Å². The lowest BCUT2D eigenvalue weighted by molar-refractivity contribution is -0.120. The Labute approximate surface area is 152 Å². The maximum absolute atomic E-state index is 12.4. The second kappa shape index (κ2) is 7.52. The van der Waals surface area contributed by atoms with Crippen LogP contribution in [-0.4, -0.2) is 42.2 Å². The first-order valence-corrected chi connectivity index (χ1v) is 9.82. The molecule has 0 saturated heterocycles. The van der Waals surface area contributed by atoms with Crippen LogP contribution in [0.3, 0.4) is 0 Å². The van der Waals surface area contributed by atoms with E-state index in [9.17, 15) is 4.79 Å². The quantitative estimate of drug-likeness (QED) is 0.900. The Balaban J connectivity index is 1.29. The molecule has 0 fully saturated rings. The monoisotopic (exact) mass is 357 g/mol. The molecule has 5 nitrogen and oxygen atoms in total. The molecule has 0 bridgehead atoms. The van der Waals surface area contributed by atoms with Crippen molar-refractivity contribution in [1.29, 1.82) is 0 Å². The SMILES string of the molecule is O=C(CC1=CSC2=NCCCN12)NC[C@H]1CCOc2ccccc2C1. The molecule has 0 aromatic heterocycles. The van der Waals surface area contributed by atoms with Gasteiger partial charge in [-0.2, -0.15) is 0 Å². The van der Waals surface area contributed by atoms with Crippen LogP contribution in [0.5, 0.6) is 5.75 Å². The van der Waals surface area contributed by atoms with Gasteiger partial charge in [-0.05, 0) is 42.2 Å². The number of fused-ring (bicyclic) bond motifs is 2. The van der Waals surface area contributed by atoms with Crippen LogP contribution in [0.2, 0.25) is 0 Å². The molecular formula is C19H23N3O2S. The summed E-state index contributed by atoms with van der Waals surface area (Å²) in [4.78, 5) is 19.1. The van der Waals surface area contributed by atoms with Crippen molar-refractivity contribution < 1.29 is 9.53 Å². The van der Waals surface area contributed by atoms with Crippen molar-refractivity contribution in [3.05, 3.63) is 40.9 Å². The highest BCUT2D eigenvalue weighted by Gasteiger charge is 2.26. The van der Waals surface area contributed by atoms with Crippen LogP contribution in [0.15, 0.2) is 40.4 Å². The molecule has 1 aromatic rings. The Morgan fingerprint density at radius 2 is 2.32 bits per heavy atom. The van der Waals surface area contributed by atoms with Crippen molar-refractivity contribution in [3.63, 3.8) is 0 Å². The molecule has 0 radical (unpaired) electrons. The molecule has 132 valence electrons. The van der Waals surface area contributed by atoms with E-state index in [1.54, 1.807) is 11.8 Å². The van der Waals surface area contributed by atoms with E-state index in [1.807, 2.05) is 18.2 Å². The zero-order valence-corrected chi connectivity index (χ0v) is 15.1. The second-order valence-electron chi connectivity index (χ2n) is 6.69. The molecule has 3 aliphatic rings. The van der Waals surface area contributed by atoms with E-state index in [2.05, 4.69) is 26.7 Å². The lowest BCUT2D eigenvalue weighted by Crippen LogP contribution is -2.34. The number of carbonyl (C=O) groups is 1. The topological polar surface area (TPSA) is 53.9 Å². The van der Waals surface area contributed by atoms with Crippen molar-refractivity contribution in [3.8, 4) is 5.75 Å². The normalized spacial score (nSPS) is 22.1. The smallest absolute Gasteiger partial charge is 0.225 e. The molecule has 1 N–H and O–H groups in total. The Bertz CT molecular complexity index is 716. The number of carbonyl (C=O) groups excluding carboxylic acids is 1. The summed E-state index contributed by atoms with van der Waals surface area (Å²) in [5.74, 6) is 1.50. The predicted octanol–water partition coefficient (Wildman–Crippen LogP) is 2.78. The number of ether oxygens (including phenoxy) is 1. The standard InChI is InChI=1S/C19H23N3O2S/c23-18(11-16-13-25-19-20-7-3-8-22(16)19)21-12-14-6-9-24-17-5-2-1-4-15(17)10-14/h1-2,4-5,13-14H,3,6-12H2,(H,21,23)/t14-/m0/s1. The fourth-order valence-corrected chi connectivity index (χ4v) is 4.45. The molecular weight excluding hydrogens is 334 g/mol. The molecule has 1 amide bonds. The highest BCUT2D eigenvalue weighted by Crippen LogP contribution is 2.30. The summed E-state index contributed by atoms with van der Waals surface area (Å²) < 4.78 is 5.81. The fraction of sp³-hybridized carbons (Fsp3) is 0.474. The summed E-state index contributed by atoms with van der Waals surface area (Å²) in [6.07, 6.45) is 3.42. The summed E-state index contributed by atoms with van der Waals surface area (Å²) >= 11 is 1.63. The molecule has 0 aliphatic carbocycles. The van der Waals surface area contributed by atoms with Crippen molar-refractivity contribution in [2.75, 3.05) is 26.2 Å². The molecule has 25 heavy (non-hydrogen) atoms. The van der Waals surface area contributed by atoms with Gasteiger partial charge in [-0.3, -0.25) is 9.79 Å². The molecule has 0 unspecified atom stereocenters. The van der Waals surface area contributed by atoms with Gasteiger partial charge in [-0.1, -0.05) is 30.0 Å². The van der Waals surface area contributed by atoms with Gasteiger partial charge >= 0.3 is 0 Å². The number of rotatable bonds is 4. The number of hydrogen-bond donors (Lipinski definition) is 1. The average Bonchev–Trinajstić information content (AvgIpc) is 2.91. The Hall–Kier alpha value is -1.95. The highest BCUT2D eigenvalue weighted by atomic mass is 32.2. The lowest BCUT2D eigenvalue weighted by atomic mass is 9.97. The number of amidine groups is 1. The van der Waals surface area contributed by atoms with E-state index < -0.39 is 0 Å². The minimum atomic E-state index is 0.0946. The molecule has 6 heteroatoms. The van der Waals surface area contributed by atoms with E-state index in [0.29, 0.717) is 25.5 Å². The number of amides is 1. The van der Waals surface area contributed by atoms with Crippen LogP contribution in [0, 0.1) is 5.92 Å². The average molecular weight is 357 g/mol. The van der Waals surface area contributed by atoms with Gasteiger partial charge in [-0.15, -0.1) is 0 Å². The molecule has 0 saturated carbocycles. The Morgan fingerprint density at radius 3 is 3.28 bits per heavy atom. The van der Waals surface area contributed by atoms with Crippen molar-refractivity contribution in [1.82, 2.24) is 10.2 Å². The maximum atomic E-state index is 12.4. The molecule has 0 spiro atoms. The van der Waals surface area contributed by atoms with Crippen LogP contribution in [0.4, 0.5) is 0 Å². The number of nitrogens with zero attached hydrogens (tertiary/aromatic N) is 2. The van der Waals surface area contributed by atoms with Crippen LogP contribution in [0.25, 0.3) is 0 Å². The molecule has 3 heterocycles. The number of benzene rings is 1. The van der Waals surface area contributed by atoms with Gasteiger partial charge in [0.15, 0.2) is 5.17 Å². The number of thioether (sulfide) groups is 1. The van der Waals surface area contributed by atoms with E-state index in [4.69, 9.17) is 4.74 Å². The van der Waals surface area contributed by atoms with Gasteiger partial charge in [0.2, 0.25) is 5.91 Å². The molecule has 1 aromatic carbocycles. The van der Waals surface area contributed by atoms with E-state index >= 15 is 0 Å². The van der Waals surface area contributed by atoms with Gasteiger partial charge < -0.3 is 15.0 Å².